The number of hydrogen-bond donors (Lipinski definition) is 2. The first-order valence-electron chi connectivity index (χ1n) is 5.05. The van der Waals surface area contributed by atoms with Crippen LogP contribution >= 0.6 is 23.4 Å². The zero-order valence-corrected chi connectivity index (χ0v) is 10.8. The number of nitrogen functional groups attached to an aromatic ring is 1. The fourth-order valence-electron chi connectivity index (χ4n) is 1.25. The summed E-state index contributed by atoms with van der Waals surface area (Å²) in [5.74, 6) is 5.49. The normalized spacial score (nSPS) is 10.4. The highest BCUT2D eigenvalue weighted by atomic mass is 35.5. The number of anilines is 1. The van der Waals surface area contributed by atoms with Gasteiger partial charge in [-0.05, 0) is 17.7 Å². The maximum atomic E-state index is 13.4. The number of halogens is 2. The van der Waals surface area contributed by atoms with Crippen LogP contribution in [0.1, 0.15) is 5.56 Å². The van der Waals surface area contributed by atoms with Crippen LogP contribution < -0.4 is 11.3 Å². The Morgan fingerprint density at radius 3 is 2.72 bits per heavy atom. The van der Waals surface area contributed by atoms with Gasteiger partial charge in [0.15, 0.2) is 5.82 Å². The Labute approximate surface area is 113 Å². The zero-order chi connectivity index (χ0) is 13.0. The van der Waals surface area contributed by atoms with E-state index in [-0.39, 0.29) is 11.0 Å². The zero-order valence-electron chi connectivity index (χ0n) is 9.23. The third-order valence-corrected chi connectivity index (χ3v) is 3.42. The van der Waals surface area contributed by atoms with Gasteiger partial charge in [0.1, 0.15) is 5.03 Å². The van der Waals surface area contributed by atoms with Crippen molar-refractivity contribution < 1.29 is 4.39 Å². The third-order valence-electron chi connectivity index (χ3n) is 2.13. The van der Waals surface area contributed by atoms with Crippen LogP contribution in [0.4, 0.5) is 10.3 Å². The Hall–Kier alpha value is -1.37. The van der Waals surface area contributed by atoms with Crippen LogP contribution in [0.25, 0.3) is 0 Å². The van der Waals surface area contributed by atoms with Crippen LogP contribution in [0.15, 0.2) is 35.5 Å². The van der Waals surface area contributed by atoms with E-state index in [1.54, 1.807) is 12.1 Å². The van der Waals surface area contributed by atoms with E-state index >= 15 is 0 Å². The molecule has 0 radical (unpaired) electrons. The van der Waals surface area contributed by atoms with Crippen molar-refractivity contribution in [1.29, 1.82) is 0 Å². The summed E-state index contributed by atoms with van der Waals surface area (Å²) in [5, 5.41) is 0.930. The third kappa shape index (κ3) is 3.32. The predicted molar refractivity (Wildman–Crippen MR) is 70.8 cm³/mol. The van der Waals surface area contributed by atoms with E-state index in [9.17, 15) is 4.39 Å². The number of nitrogens with zero attached hydrogens (tertiary/aromatic N) is 2. The fraction of sp³-hybridized carbons (Fsp3) is 0.0909. The quantitative estimate of drug-likeness (QED) is 0.391. The van der Waals surface area contributed by atoms with Gasteiger partial charge in [-0.1, -0.05) is 35.5 Å². The van der Waals surface area contributed by atoms with Gasteiger partial charge in [0, 0.05) is 10.8 Å². The first-order valence-corrected chi connectivity index (χ1v) is 6.42. The van der Waals surface area contributed by atoms with Crippen molar-refractivity contribution in [3.05, 3.63) is 46.9 Å². The van der Waals surface area contributed by atoms with Crippen LogP contribution in [0.3, 0.4) is 0 Å². The first-order chi connectivity index (χ1) is 8.69. The molecule has 0 saturated heterocycles. The number of benzene rings is 1. The van der Waals surface area contributed by atoms with Gasteiger partial charge >= 0.3 is 0 Å². The molecule has 0 unspecified atom stereocenters. The Kier molecular flexibility index (Phi) is 4.35. The molecule has 1 aromatic heterocycles. The van der Waals surface area contributed by atoms with Gasteiger partial charge in [-0.15, -0.1) is 0 Å². The van der Waals surface area contributed by atoms with Crippen molar-refractivity contribution in [2.45, 2.75) is 10.8 Å². The van der Waals surface area contributed by atoms with Gasteiger partial charge in [0.2, 0.25) is 5.95 Å². The van der Waals surface area contributed by atoms with E-state index in [4.69, 9.17) is 17.4 Å². The number of hydrogen-bond acceptors (Lipinski definition) is 5. The van der Waals surface area contributed by atoms with Gasteiger partial charge in [0.25, 0.3) is 0 Å². The van der Waals surface area contributed by atoms with E-state index in [0.717, 1.165) is 11.8 Å². The first kappa shape index (κ1) is 13.1. The predicted octanol–water partition coefficient (Wildman–Crippen LogP) is 2.85. The van der Waals surface area contributed by atoms with Crippen molar-refractivity contribution in [1.82, 2.24) is 9.97 Å². The molecule has 3 N–H and O–H groups in total. The summed E-state index contributed by atoms with van der Waals surface area (Å²) in [4.78, 5) is 7.61. The fourth-order valence-corrected chi connectivity index (χ4v) is 2.22. The second-order valence-corrected chi connectivity index (χ2v) is 4.81. The van der Waals surface area contributed by atoms with Crippen LogP contribution in [0.2, 0.25) is 5.02 Å². The van der Waals surface area contributed by atoms with Gasteiger partial charge in [-0.3, -0.25) is 5.43 Å². The molecule has 0 aliphatic rings. The second kappa shape index (κ2) is 5.99. The number of nitrogens with two attached hydrogens (primary N) is 1. The van der Waals surface area contributed by atoms with Gasteiger partial charge in [0.05, 0.1) is 6.20 Å². The number of thioether (sulfide) groups is 1. The summed E-state index contributed by atoms with van der Waals surface area (Å²) in [6.07, 6.45) is 1.09. The molecule has 94 valence electrons. The molecule has 0 amide bonds. The molecule has 0 bridgehead atoms. The molecule has 2 aromatic rings. The maximum absolute atomic E-state index is 13.4. The van der Waals surface area contributed by atoms with Crippen molar-refractivity contribution in [2.24, 2.45) is 5.84 Å². The second-order valence-electron chi connectivity index (χ2n) is 3.41. The van der Waals surface area contributed by atoms with Gasteiger partial charge in [-0.2, -0.15) is 0 Å². The molecular formula is C11H10ClFN4S. The van der Waals surface area contributed by atoms with Crippen molar-refractivity contribution in [3.63, 3.8) is 0 Å². The van der Waals surface area contributed by atoms with Crippen molar-refractivity contribution in [2.75, 3.05) is 5.43 Å². The molecule has 0 spiro atoms. The van der Waals surface area contributed by atoms with Crippen LogP contribution in [-0.4, -0.2) is 9.97 Å². The summed E-state index contributed by atoms with van der Waals surface area (Å²) in [6, 6.07) is 7.36. The van der Waals surface area contributed by atoms with Gasteiger partial charge in [-0.25, -0.2) is 20.2 Å². The lowest BCUT2D eigenvalue weighted by atomic mass is 10.2. The summed E-state index contributed by atoms with van der Waals surface area (Å²) < 4.78 is 13.4. The average molecular weight is 285 g/mol. The minimum atomic E-state index is -0.465. The number of hydrazine groups is 1. The minimum Gasteiger partial charge on any atom is -0.292 e. The van der Waals surface area contributed by atoms with Gasteiger partial charge < -0.3 is 0 Å². The van der Waals surface area contributed by atoms with E-state index in [2.05, 4.69) is 15.4 Å². The molecule has 0 saturated carbocycles. The van der Waals surface area contributed by atoms with E-state index in [1.165, 1.54) is 11.8 Å². The molecule has 7 heteroatoms. The topological polar surface area (TPSA) is 63.8 Å². The van der Waals surface area contributed by atoms with Crippen molar-refractivity contribution >= 4 is 29.3 Å². The lowest BCUT2D eigenvalue weighted by Crippen LogP contribution is -2.11. The highest BCUT2D eigenvalue weighted by molar-refractivity contribution is 7.98. The van der Waals surface area contributed by atoms with Crippen LogP contribution in [0, 0.1) is 5.82 Å². The summed E-state index contributed by atoms with van der Waals surface area (Å²) in [6.45, 7) is 0. The van der Waals surface area contributed by atoms with E-state index in [1.807, 2.05) is 12.1 Å². The van der Waals surface area contributed by atoms with E-state index < -0.39 is 5.82 Å². The lowest BCUT2D eigenvalue weighted by molar-refractivity contribution is 0.580. The Morgan fingerprint density at radius 1 is 1.33 bits per heavy atom. The number of rotatable bonds is 4. The van der Waals surface area contributed by atoms with Crippen molar-refractivity contribution in [3.8, 4) is 0 Å². The summed E-state index contributed by atoms with van der Waals surface area (Å²) in [5.41, 5.74) is 3.31. The lowest BCUT2D eigenvalue weighted by Gasteiger charge is -2.04. The highest BCUT2D eigenvalue weighted by Crippen LogP contribution is 2.24. The molecule has 1 heterocycles. The Bertz CT molecular complexity index is 535. The minimum absolute atomic E-state index is 0.190. The Morgan fingerprint density at radius 2 is 2.06 bits per heavy atom. The SMILES string of the molecule is NNc1ncc(F)c(SCc2ccc(Cl)cc2)n1. The average Bonchev–Trinajstić information content (AvgIpc) is 2.40. The standard InChI is InChI=1S/C11H10ClFN4S/c12-8-3-1-7(2-4-8)6-18-10-9(13)5-15-11(16-10)17-14/h1-5H,6,14H2,(H,15,16,17). The summed E-state index contributed by atoms with van der Waals surface area (Å²) >= 11 is 7.05. The highest BCUT2D eigenvalue weighted by Gasteiger charge is 2.07. The molecule has 0 aliphatic carbocycles. The molecule has 0 fully saturated rings. The van der Waals surface area contributed by atoms with Crippen LogP contribution in [0.5, 0.6) is 0 Å². The molecule has 1 aromatic carbocycles. The summed E-state index contributed by atoms with van der Waals surface area (Å²) in [7, 11) is 0. The van der Waals surface area contributed by atoms with Crippen LogP contribution in [-0.2, 0) is 5.75 Å². The molecule has 0 atom stereocenters. The molecule has 0 aliphatic heterocycles. The smallest absolute Gasteiger partial charge is 0.238 e. The number of aromatic nitrogens is 2. The van der Waals surface area contributed by atoms with E-state index in [0.29, 0.717) is 10.8 Å². The Balaban J connectivity index is 2.07. The largest absolute Gasteiger partial charge is 0.292 e. The molecule has 4 nitrogen and oxygen atoms in total. The molecular weight excluding hydrogens is 275 g/mol. The molecule has 18 heavy (non-hydrogen) atoms. The maximum Gasteiger partial charge on any atom is 0.238 e. The number of nitrogens with one attached hydrogen (secondary N) is 1. The molecule has 2 rings (SSSR count). The monoisotopic (exact) mass is 284 g/mol.